The minimum absolute atomic E-state index is 0.0227. The van der Waals surface area contributed by atoms with Gasteiger partial charge in [-0.05, 0) is 30.3 Å². The van der Waals surface area contributed by atoms with Gasteiger partial charge in [0.25, 0.3) is 0 Å². The highest BCUT2D eigenvalue weighted by atomic mass is 35.5. The van der Waals surface area contributed by atoms with Gasteiger partial charge in [-0.25, -0.2) is 4.98 Å². The number of amides is 1. The van der Waals surface area contributed by atoms with Gasteiger partial charge in [-0.15, -0.1) is 11.3 Å². The third kappa shape index (κ3) is 4.06. The Hall–Kier alpha value is -2.78. The van der Waals surface area contributed by atoms with Gasteiger partial charge in [0.2, 0.25) is 5.91 Å². The van der Waals surface area contributed by atoms with Crippen LogP contribution in [0, 0.1) is 22.7 Å². The number of imidazole rings is 1. The number of allylic oxidation sites excluding steroid dienone is 1. The molecule has 0 fully saturated rings. The van der Waals surface area contributed by atoms with Crippen LogP contribution in [0.2, 0.25) is 5.02 Å². The topological polar surface area (TPSA) is 94.0 Å². The van der Waals surface area contributed by atoms with Gasteiger partial charge in [0.05, 0.1) is 11.4 Å². The Morgan fingerprint density at radius 1 is 1.35 bits per heavy atom. The quantitative estimate of drug-likeness (QED) is 0.512. The third-order valence-corrected chi connectivity index (χ3v) is 5.24. The van der Waals surface area contributed by atoms with Crippen molar-refractivity contribution in [1.29, 1.82) is 10.5 Å². The summed E-state index contributed by atoms with van der Waals surface area (Å²) in [5.74, 6) is -0.0488. The summed E-state index contributed by atoms with van der Waals surface area (Å²) < 4.78 is 1.79. The Bertz CT molecular complexity index is 1050. The number of thioether (sulfide) groups is 1. The molecule has 0 aliphatic rings. The number of nitriles is 2. The maximum atomic E-state index is 12.2. The molecule has 6 nitrogen and oxygen atoms in total. The molecule has 128 valence electrons. The predicted molar refractivity (Wildman–Crippen MR) is 103 cm³/mol. The Labute approximate surface area is 162 Å². The van der Waals surface area contributed by atoms with Gasteiger partial charge in [-0.2, -0.15) is 10.5 Å². The van der Waals surface area contributed by atoms with Crippen molar-refractivity contribution in [2.24, 2.45) is 0 Å². The second kappa shape index (κ2) is 8.07. The first-order chi connectivity index (χ1) is 12.6. The van der Waals surface area contributed by atoms with Crippen molar-refractivity contribution < 1.29 is 4.79 Å². The minimum atomic E-state index is -0.190. The molecule has 0 spiro atoms. The SMILES string of the molecule is N#CC(C#N)=Cc1c(SCC(=O)Nc2ccc(Cl)cc2)nc2sccn12. The summed E-state index contributed by atoms with van der Waals surface area (Å²) in [7, 11) is 0. The summed E-state index contributed by atoms with van der Waals surface area (Å²) in [4.78, 5) is 17.4. The van der Waals surface area contributed by atoms with Gasteiger partial charge >= 0.3 is 0 Å². The average molecular weight is 400 g/mol. The number of halogens is 1. The lowest BCUT2D eigenvalue weighted by atomic mass is 10.2. The van der Waals surface area contributed by atoms with Crippen LogP contribution in [0.15, 0.2) is 46.4 Å². The molecule has 0 atom stereocenters. The van der Waals surface area contributed by atoms with Crippen molar-refractivity contribution in [3.63, 3.8) is 0 Å². The molecule has 26 heavy (non-hydrogen) atoms. The fourth-order valence-corrected chi connectivity index (χ4v) is 3.81. The van der Waals surface area contributed by atoms with Crippen LogP contribution in [0.3, 0.4) is 0 Å². The number of hydrogen-bond donors (Lipinski definition) is 1. The van der Waals surface area contributed by atoms with Crippen LogP contribution in [0.5, 0.6) is 0 Å². The normalized spacial score (nSPS) is 10.1. The van der Waals surface area contributed by atoms with E-state index < -0.39 is 0 Å². The van der Waals surface area contributed by atoms with E-state index in [0.29, 0.717) is 21.4 Å². The zero-order valence-corrected chi connectivity index (χ0v) is 15.5. The second-order valence-electron chi connectivity index (χ2n) is 4.98. The number of carbonyl (C=O) groups excluding carboxylic acids is 1. The molecule has 0 bridgehead atoms. The zero-order chi connectivity index (χ0) is 18.5. The molecule has 0 unspecified atom stereocenters. The Morgan fingerprint density at radius 2 is 2.08 bits per heavy atom. The van der Waals surface area contributed by atoms with Gasteiger partial charge in [-0.3, -0.25) is 9.20 Å². The average Bonchev–Trinajstić information content (AvgIpc) is 3.21. The number of thiazole rings is 1. The van der Waals surface area contributed by atoms with Crippen molar-refractivity contribution in [2.75, 3.05) is 11.1 Å². The molecule has 3 aromatic rings. The first kappa shape index (κ1) is 18.0. The van der Waals surface area contributed by atoms with Crippen molar-refractivity contribution >= 4 is 57.3 Å². The lowest BCUT2D eigenvalue weighted by Gasteiger charge is -2.05. The molecule has 2 aromatic heterocycles. The summed E-state index contributed by atoms with van der Waals surface area (Å²) in [6, 6.07) is 10.5. The molecule has 0 radical (unpaired) electrons. The first-order valence-electron chi connectivity index (χ1n) is 7.26. The van der Waals surface area contributed by atoms with E-state index in [2.05, 4.69) is 10.3 Å². The summed E-state index contributed by atoms with van der Waals surface area (Å²) in [6.45, 7) is 0. The standard InChI is InChI=1S/C17H10ClN5OS2/c18-12-1-3-13(4-2-12)21-15(24)10-26-16-14(7-11(8-19)9-20)23-5-6-25-17(23)22-16/h1-7H,10H2,(H,21,24). The van der Waals surface area contributed by atoms with Crippen LogP contribution in [-0.4, -0.2) is 21.0 Å². The number of carbonyl (C=O) groups is 1. The van der Waals surface area contributed by atoms with E-state index in [0.717, 1.165) is 4.96 Å². The lowest BCUT2D eigenvalue weighted by molar-refractivity contribution is -0.113. The fraction of sp³-hybridized carbons (Fsp3) is 0.0588. The van der Waals surface area contributed by atoms with E-state index in [4.69, 9.17) is 22.1 Å². The molecule has 0 aliphatic carbocycles. The number of nitrogens with zero attached hydrogens (tertiary/aromatic N) is 4. The maximum Gasteiger partial charge on any atom is 0.234 e. The van der Waals surface area contributed by atoms with Crippen LogP contribution in [-0.2, 0) is 4.79 Å². The fourth-order valence-electron chi connectivity index (χ4n) is 2.11. The molecule has 0 aliphatic heterocycles. The molecular weight excluding hydrogens is 390 g/mol. The van der Waals surface area contributed by atoms with E-state index in [9.17, 15) is 4.79 Å². The summed E-state index contributed by atoms with van der Waals surface area (Å²) in [6.07, 6.45) is 3.29. The number of fused-ring (bicyclic) bond motifs is 1. The third-order valence-electron chi connectivity index (χ3n) is 3.26. The van der Waals surface area contributed by atoms with Crippen LogP contribution in [0.1, 0.15) is 5.69 Å². The predicted octanol–water partition coefficient (Wildman–Crippen LogP) is 4.21. The van der Waals surface area contributed by atoms with Crippen LogP contribution in [0.4, 0.5) is 5.69 Å². The maximum absolute atomic E-state index is 12.2. The largest absolute Gasteiger partial charge is 0.325 e. The monoisotopic (exact) mass is 399 g/mol. The molecular formula is C17H10ClN5OS2. The number of rotatable bonds is 5. The van der Waals surface area contributed by atoms with Crippen molar-refractivity contribution in [1.82, 2.24) is 9.38 Å². The molecule has 3 rings (SSSR count). The van der Waals surface area contributed by atoms with Gasteiger partial charge in [0.1, 0.15) is 22.7 Å². The van der Waals surface area contributed by atoms with Gasteiger partial charge < -0.3 is 5.32 Å². The van der Waals surface area contributed by atoms with Crippen molar-refractivity contribution in [3.8, 4) is 12.1 Å². The van der Waals surface area contributed by atoms with Crippen LogP contribution in [0.25, 0.3) is 11.0 Å². The van der Waals surface area contributed by atoms with E-state index >= 15 is 0 Å². The van der Waals surface area contributed by atoms with Crippen LogP contribution < -0.4 is 5.32 Å². The van der Waals surface area contributed by atoms with Crippen molar-refractivity contribution in [3.05, 3.63) is 52.1 Å². The van der Waals surface area contributed by atoms with Gasteiger partial charge in [0.15, 0.2) is 4.96 Å². The molecule has 1 amide bonds. The highest BCUT2D eigenvalue weighted by Gasteiger charge is 2.14. The van der Waals surface area contributed by atoms with E-state index in [-0.39, 0.29) is 17.2 Å². The first-order valence-corrected chi connectivity index (χ1v) is 9.50. The lowest BCUT2D eigenvalue weighted by Crippen LogP contribution is -2.14. The summed E-state index contributed by atoms with van der Waals surface area (Å²) in [5, 5.41) is 23.8. The van der Waals surface area contributed by atoms with E-state index in [1.165, 1.54) is 29.2 Å². The smallest absolute Gasteiger partial charge is 0.234 e. The molecule has 1 aromatic carbocycles. The van der Waals surface area contributed by atoms with Gasteiger partial charge in [-0.1, -0.05) is 23.4 Å². The Kier molecular flexibility index (Phi) is 5.59. The number of nitrogens with one attached hydrogen (secondary N) is 1. The summed E-state index contributed by atoms with van der Waals surface area (Å²) >= 11 is 8.50. The molecule has 2 heterocycles. The number of aromatic nitrogens is 2. The highest BCUT2D eigenvalue weighted by Crippen LogP contribution is 2.28. The van der Waals surface area contributed by atoms with Gasteiger partial charge in [0, 0.05) is 22.3 Å². The number of benzene rings is 1. The molecule has 9 heteroatoms. The molecule has 0 saturated heterocycles. The number of anilines is 1. The highest BCUT2D eigenvalue weighted by molar-refractivity contribution is 8.00. The minimum Gasteiger partial charge on any atom is -0.325 e. The van der Waals surface area contributed by atoms with E-state index in [1.807, 2.05) is 23.7 Å². The summed E-state index contributed by atoms with van der Waals surface area (Å²) in [5.41, 5.74) is 1.25. The van der Waals surface area contributed by atoms with Crippen LogP contribution >= 0.6 is 34.7 Å². The molecule has 0 saturated carbocycles. The van der Waals surface area contributed by atoms with E-state index in [1.54, 1.807) is 28.7 Å². The van der Waals surface area contributed by atoms with Crippen molar-refractivity contribution in [2.45, 2.75) is 5.03 Å². The zero-order valence-electron chi connectivity index (χ0n) is 13.1. The number of hydrogen-bond acceptors (Lipinski definition) is 6. The molecule has 1 N–H and O–H groups in total. The second-order valence-corrected chi connectivity index (χ2v) is 7.26. The Balaban J connectivity index is 1.76. The Morgan fingerprint density at radius 3 is 2.77 bits per heavy atom.